The quantitative estimate of drug-likeness (QED) is 0.763. The van der Waals surface area contributed by atoms with Gasteiger partial charge >= 0.3 is 6.03 Å². The number of rotatable bonds is 6. The van der Waals surface area contributed by atoms with E-state index in [1.54, 1.807) is 12.1 Å². The second-order valence-electron chi connectivity index (χ2n) is 8.19. The predicted octanol–water partition coefficient (Wildman–Crippen LogP) is 3.45. The highest BCUT2D eigenvalue weighted by molar-refractivity contribution is 5.89. The average Bonchev–Trinajstić information content (AvgIpc) is 2.73. The molecule has 2 fully saturated rings. The third-order valence-corrected chi connectivity index (χ3v) is 5.87. The molecular weight excluding hydrogens is 371 g/mol. The molecule has 6 nitrogen and oxygen atoms in total. The number of nitrogens with zero attached hydrogens (tertiary/aromatic N) is 2. The molecule has 2 heterocycles. The minimum absolute atomic E-state index is 0.0201. The van der Waals surface area contributed by atoms with Gasteiger partial charge in [-0.15, -0.1) is 0 Å². The van der Waals surface area contributed by atoms with E-state index in [0.717, 1.165) is 51.7 Å². The summed E-state index contributed by atoms with van der Waals surface area (Å²) in [4.78, 5) is 29.6. The minimum atomic E-state index is -0.385. The number of hydrogen-bond donors (Lipinski definition) is 2. The van der Waals surface area contributed by atoms with Gasteiger partial charge in [0, 0.05) is 25.3 Å². The van der Waals surface area contributed by atoms with Crippen LogP contribution in [0.15, 0.2) is 24.3 Å². The highest BCUT2D eigenvalue weighted by atomic mass is 19.1. The Kier molecular flexibility index (Phi) is 7.86. The van der Waals surface area contributed by atoms with Crippen LogP contribution in [0.3, 0.4) is 0 Å². The van der Waals surface area contributed by atoms with Crippen molar-refractivity contribution in [2.75, 3.05) is 38.0 Å². The fraction of sp³-hybridized carbons (Fsp3) is 0.636. The van der Waals surface area contributed by atoms with Crippen LogP contribution in [-0.4, -0.2) is 60.5 Å². The zero-order valence-electron chi connectivity index (χ0n) is 17.3. The molecular formula is C22H33FN4O2. The Labute approximate surface area is 172 Å². The first-order valence-corrected chi connectivity index (χ1v) is 10.9. The van der Waals surface area contributed by atoms with Gasteiger partial charge in [-0.05, 0) is 69.3 Å². The molecule has 2 unspecified atom stereocenters. The van der Waals surface area contributed by atoms with Gasteiger partial charge in [0.25, 0.3) is 0 Å². The molecule has 0 saturated carbocycles. The highest BCUT2D eigenvalue weighted by Crippen LogP contribution is 2.23. The Morgan fingerprint density at radius 1 is 1.17 bits per heavy atom. The topological polar surface area (TPSA) is 64.7 Å². The Bertz CT molecular complexity index is 697. The molecule has 1 aromatic carbocycles. The van der Waals surface area contributed by atoms with E-state index in [0.29, 0.717) is 18.8 Å². The van der Waals surface area contributed by atoms with Gasteiger partial charge in [0.2, 0.25) is 5.91 Å². The number of carbonyl (C=O) groups is 2. The second-order valence-corrected chi connectivity index (χ2v) is 8.19. The Hall–Kier alpha value is -2.15. The van der Waals surface area contributed by atoms with Gasteiger partial charge in [-0.1, -0.05) is 19.4 Å². The van der Waals surface area contributed by atoms with Crippen LogP contribution in [0.5, 0.6) is 0 Å². The fourth-order valence-corrected chi connectivity index (χ4v) is 4.45. The molecule has 0 radical (unpaired) electrons. The lowest BCUT2D eigenvalue weighted by atomic mass is 9.95. The molecule has 160 valence electrons. The molecule has 0 aliphatic carbocycles. The maximum absolute atomic E-state index is 13.2. The van der Waals surface area contributed by atoms with Crippen LogP contribution >= 0.6 is 0 Å². The lowest BCUT2D eigenvalue weighted by molar-refractivity contribution is -0.140. The van der Waals surface area contributed by atoms with E-state index in [2.05, 4.69) is 22.5 Å². The van der Waals surface area contributed by atoms with E-state index in [-0.39, 0.29) is 29.7 Å². The molecule has 2 atom stereocenters. The summed E-state index contributed by atoms with van der Waals surface area (Å²) in [6.07, 6.45) is 6.27. The first-order chi connectivity index (χ1) is 14.1. The first-order valence-electron chi connectivity index (χ1n) is 10.9. The van der Waals surface area contributed by atoms with Crippen LogP contribution in [-0.2, 0) is 4.79 Å². The van der Waals surface area contributed by atoms with Crippen molar-refractivity contribution in [1.82, 2.24) is 15.1 Å². The van der Waals surface area contributed by atoms with Gasteiger partial charge in [-0.3, -0.25) is 9.69 Å². The average molecular weight is 405 g/mol. The van der Waals surface area contributed by atoms with Crippen LogP contribution in [0, 0.1) is 11.7 Å². The van der Waals surface area contributed by atoms with E-state index in [1.165, 1.54) is 18.6 Å². The molecule has 2 saturated heterocycles. The minimum Gasteiger partial charge on any atom is -0.341 e. The number of urea groups is 1. The number of carbonyl (C=O) groups excluding carboxylic acids is 2. The number of nitrogens with one attached hydrogen (secondary N) is 2. The number of hydrogen-bond acceptors (Lipinski definition) is 3. The normalized spacial score (nSPS) is 22.9. The van der Waals surface area contributed by atoms with Crippen molar-refractivity contribution in [2.24, 2.45) is 5.92 Å². The van der Waals surface area contributed by atoms with Crippen molar-refractivity contribution in [3.8, 4) is 0 Å². The summed E-state index contributed by atoms with van der Waals surface area (Å²) in [5, 5.41) is 5.52. The number of benzene rings is 1. The summed E-state index contributed by atoms with van der Waals surface area (Å²) in [5.74, 6) is 0.116. The molecule has 29 heavy (non-hydrogen) atoms. The number of anilines is 1. The standard InChI is InChI=1S/C22H33FN4O2/c1-2-11-26-12-4-3-10-20(26)21(28)27-13-6-7-17(16-27)15-24-22(29)25-19-9-5-8-18(23)14-19/h5,8-9,14,17,20H,2-4,6-7,10-13,15-16H2,1H3,(H2,24,25,29). The summed E-state index contributed by atoms with van der Waals surface area (Å²) in [5.41, 5.74) is 0.427. The van der Waals surface area contributed by atoms with Crippen molar-refractivity contribution in [3.05, 3.63) is 30.1 Å². The summed E-state index contributed by atoms with van der Waals surface area (Å²) < 4.78 is 13.2. The van der Waals surface area contributed by atoms with Crippen LogP contribution < -0.4 is 10.6 Å². The van der Waals surface area contributed by atoms with Gasteiger partial charge in [-0.2, -0.15) is 0 Å². The number of piperidine rings is 2. The zero-order chi connectivity index (χ0) is 20.6. The molecule has 3 rings (SSSR count). The van der Waals surface area contributed by atoms with Gasteiger partial charge in [-0.25, -0.2) is 9.18 Å². The smallest absolute Gasteiger partial charge is 0.319 e. The van der Waals surface area contributed by atoms with E-state index >= 15 is 0 Å². The van der Waals surface area contributed by atoms with Crippen LogP contribution in [0.1, 0.15) is 45.4 Å². The van der Waals surface area contributed by atoms with Gasteiger partial charge in [0.1, 0.15) is 5.82 Å². The maximum atomic E-state index is 13.2. The highest BCUT2D eigenvalue weighted by Gasteiger charge is 2.33. The van der Waals surface area contributed by atoms with E-state index < -0.39 is 0 Å². The lowest BCUT2D eigenvalue weighted by Crippen LogP contribution is -2.54. The third-order valence-electron chi connectivity index (χ3n) is 5.87. The summed E-state index contributed by atoms with van der Waals surface area (Å²) >= 11 is 0. The SMILES string of the molecule is CCCN1CCCCC1C(=O)N1CCCC(CNC(=O)Nc2cccc(F)c2)C1. The molecule has 0 spiro atoms. The summed E-state index contributed by atoms with van der Waals surface area (Å²) in [6, 6.07) is 5.50. The van der Waals surface area contributed by atoms with Crippen molar-refractivity contribution in [3.63, 3.8) is 0 Å². The molecule has 2 N–H and O–H groups in total. The van der Waals surface area contributed by atoms with E-state index in [4.69, 9.17) is 0 Å². The van der Waals surface area contributed by atoms with Gasteiger partial charge in [0.15, 0.2) is 0 Å². The predicted molar refractivity (Wildman–Crippen MR) is 112 cm³/mol. The van der Waals surface area contributed by atoms with E-state index in [9.17, 15) is 14.0 Å². The lowest BCUT2D eigenvalue weighted by Gasteiger charge is -2.40. The molecule has 7 heteroatoms. The van der Waals surface area contributed by atoms with Crippen molar-refractivity contribution < 1.29 is 14.0 Å². The molecule has 1 aromatic rings. The van der Waals surface area contributed by atoms with E-state index in [1.807, 2.05) is 4.90 Å². The largest absolute Gasteiger partial charge is 0.341 e. The fourth-order valence-electron chi connectivity index (χ4n) is 4.45. The summed E-state index contributed by atoms with van der Waals surface area (Å²) in [6.45, 7) is 6.16. The Balaban J connectivity index is 1.48. The monoisotopic (exact) mass is 404 g/mol. The maximum Gasteiger partial charge on any atom is 0.319 e. The van der Waals surface area contributed by atoms with Gasteiger partial charge < -0.3 is 15.5 Å². The van der Waals surface area contributed by atoms with Crippen LogP contribution in [0.4, 0.5) is 14.9 Å². The first kappa shape index (κ1) is 21.6. The molecule has 0 aromatic heterocycles. The zero-order valence-corrected chi connectivity index (χ0v) is 17.3. The van der Waals surface area contributed by atoms with Crippen LogP contribution in [0.2, 0.25) is 0 Å². The number of amides is 3. The second kappa shape index (κ2) is 10.6. The molecule has 2 aliphatic rings. The van der Waals surface area contributed by atoms with Crippen molar-refractivity contribution in [1.29, 1.82) is 0 Å². The molecule has 2 aliphatic heterocycles. The van der Waals surface area contributed by atoms with Crippen molar-refractivity contribution in [2.45, 2.75) is 51.5 Å². The van der Waals surface area contributed by atoms with Gasteiger partial charge in [0.05, 0.1) is 6.04 Å². The van der Waals surface area contributed by atoms with Crippen molar-refractivity contribution >= 4 is 17.6 Å². The number of halogens is 1. The molecule has 0 bridgehead atoms. The van der Waals surface area contributed by atoms with Crippen LogP contribution in [0.25, 0.3) is 0 Å². The summed E-state index contributed by atoms with van der Waals surface area (Å²) in [7, 11) is 0. The Morgan fingerprint density at radius 2 is 2.03 bits per heavy atom. The number of likely N-dealkylation sites (tertiary alicyclic amines) is 2. The molecule has 3 amide bonds. The third kappa shape index (κ3) is 6.16. The Morgan fingerprint density at radius 3 is 2.83 bits per heavy atom.